The SMILES string of the molecule is CC1=C=C=CNN1[O-]. The first-order chi connectivity index (χ1) is 3.80. The molecule has 0 unspecified atom stereocenters. The van der Waals surface area contributed by atoms with Crippen molar-refractivity contribution in [1.82, 2.24) is 10.6 Å². The molecule has 0 fully saturated rings. The van der Waals surface area contributed by atoms with E-state index >= 15 is 0 Å². The lowest BCUT2D eigenvalue weighted by atomic mass is 10.5. The number of hydrogen-bond acceptors (Lipinski definition) is 3. The minimum atomic E-state index is 0.493. The molecule has 1 aliphatic heterocycles. The fraction of sp³-hybridized carbons (Fsp3) is 0.200. The summed E-state index contributed by atoms with van der Waals surface area (Å²) in [7, 11) is 0. The number of allylic oxidation sites excluding steroid dienone is 1. The van der Waals surface area contributed by atoms with Crippen molar-refractivity contribution in [3.8, 4) is 0 Å². The van der Waals surface area contributed by atoms with Gasteiger partial charge in [-0.15, -0.1) is 0 Å². The molecular formula is C5H5N2O-. The second-order valence-electron chi connectivity index (χ2n) is 1.42. The average molecular weight is 109 g/mol. The molecule has 0 aromatic heterocycles. The number of hydroxylamine groups is 1. The molecule has 0 radical (unpaired) electrons. The van der Waals surface area contributed by atoms with Crippen LogP contribution in [0.1, 0.15) is 6.92 Å². The fourth-order valence-corrected chi connectivity index (χ4v) is 0.379. The highest BCUT2D eigenvalue weighted by molar-refractivity contribution is 5.01. The van der Waals surface area contributed by atoms with Crippen molar-refractivity contribution in [2.75, 3.05) is 0 Å². The van der Waals surface area contributed by atoms with Gasteiger partial charge in [-0.1, -0.05) is 0 Å². The van der Waals surface area contributed by atoms with Crippen LogP contribution in [0, 0.1) is 5.21 Å². The van der Waals surface area contributed by atoms with Crippen LogP contribution in [0.4, 0.5) is 0 Å². The van der Waals surface area contributed by atoms with Crippen LogP contribution < -0.4 is 5.43 Å². The summed E-state index contributed by atoms with van der Waals surface area (Å²) >= 11 is 0. The molecule has 0 bridgehead atoms. The summed E-state index contributed by atoms with van der Waals surface area (Å²) in [4.78, 5) is 0. The average Bonchev–Trinajstić information content (AvgIpc) is 1.77. The van der Waals surface area contributed by atoms with E-state index in [2.05, 4.69) is 16.9 Å². The van der Waals surface area contributed by atoms with Gasteiger partial charge in [0.05, 0.1) is 11.9 Å². The van der Waals surface area contributed by atoms with E-state index in [9.17, 15) is 5.21 Å². The first-order valence-corrected chi connectivity index (χ1v) is 2.21. The monoisotopic (exact) mass is 109 g/mol. The zero-order chi connectivity index (χ0) is 5.98. The Hall–Kier alpha value is -1.14. The van der Waals surface area contributed by atoms with Gasteiger partial charge in [-0.05, 0) is 18.4 Å². The predicted molar refractivity (Wildman–Crippen MR) is 29.1 cm³/mol. The Bertz CT molecular complexity index is 185. The summed E-state index contributed by atoms with van der Waals surface area (Å²) < 4.78 is 0. The molecule has 1 aliphatic rings. The molecule has 0 atom stereocenters. The lowest BCUT2D eigenvalue weighted by molar-refractivity contribution is 0.396. The van der Waals surface area contributed by atoms with Crippen molar-refractivity contribution in [2.45, 2.75) is 6.92 Å². The van der Waals surface area contributed by atoms with Gasteiger partial charge in [0.15, 0.2) is 0 Å². The first kappa shape index (κ1) is 5.01. The Balaban J connectivity index is 2.94. The smallest absolute Gasteiger partial charge is 0.0699 e. The molecule has 0 aromatic rings. The van der Waals surface area contributed by atoms with Crippen molar-refractivity contribution in [3.05, 3.63) is 28.6 Å². The number of nitrogens with zero attached hydrogens (tertiary/aromatic N) is 1. The molecule has 8 heavy (non-hydrogen) atoms. The standard InChI is InChI=1S/C5H5N2O/c1-5-3-2-4-6-7(5)8/h4,6H,1H3/q-1. The Labute approximate surface area is 47.2 Å². The third kappa shape index (κ3) is 0.745. The van der Waals surface area contributed by atoms with Crippen molar-refractivity contribution in [3.63, 3.8) is 0 Å². The first-order valence-electron chi connectivity index (χ1n) is 2.21. The van der Waals surface area contributed by atoms with Gasteiger partial charge in [-0.25, -0.2) is 0 Å². The Morgan fingerprint density at radius 2 is 2.62 bits per heavy atom. The number of hydrazine groups is 1. The van der Waals surface area contributed by atoms with Gasteiger partial charge in [0.1, 0.15) is 0 Å². The van der Waals surface area contributed by atoms with E-state index in [1.165, 1.54) is 6.20 Å². The molecule has 42 valence electrons. The summed E-state index contributed by atoms with van der Waals surface area (Å²) in [5, 5.41) is 11.1. The van der Waals surface area contributed by atoms with Crippen LogP contribution in [-0.2, 0) is 0 Å². The van der Waals surface area contributed by atoms with E-state index in [-0.39, 0.29) is 0 Å². The molecular weight excluding hydrogens is 104 g/mol. The van der Waals surface area contributed by atoms with Crippen LogP contribution in [0.25, 0.3) is 0 Å². The van der Waals surface area contributed by atoms with Gasteiger partial charge in [-0.3, -0.25) is 0 Å². The van der Waals surface area contributed by atoms with Crippen LogP contribution in [0.2, 0.25) is 0 Å². The zero-order valence-electron chi connectivity index (χ0n) is 4.43. The molecule has 1 rings (SSSR count). The van der Waals surface area contributed by atoms with Crippen molar-refractivity contribution < 1.29 is 0 Å². The largest absolute Gasteiger partial charge is 0.738 e. The maximum Gasteiger partial charge on any atom is 0.0699 e. The van der Waals surface area contributed by atoms with Crippen LogP contribution >= 0.6 is 0 Å². The van der Waals surface area contributed by atoms with E-state index < -0.39 is 0 Å². The Morgan fingerprint density at radius 3 is 3.00 bits per heavy atom. The van der Waals surface area contributed by atoms with Gasteiger partial charge in [0.25, 0.3) is 0 Å². The zero-order valence-corrected chi connectivity index (χ0v) is 4.43. The van der Waals surface area contributed by atoms with E-state index in [0.717, 1.165) is 0 Å². The van der Waals surface area contributed by atoms with Crippen LogP contribution in [0.15, 0.2) is 23.4 Å². The second kappa shape index (κ2) is 1.76. The highest BCUT2D eigenvalue weighted by Crippen LogP contribution is 1.95. The summed E-state index contributed by atoms with van der Waals surface area (Å²) in [6.45, 7) is 1.65. The summed E-state index contributed by atoms with van der Waals surface area (Å²) in [6.07, 6.45) is 1.40. The molecule has 1 N–H and O–H groups in total. The fourth-order valence-electron chi connectivity index (χ4n) is 0.379. The van der Waals surface area contributed by atoms with E-state index in [0.29, 0.717) is 10.9 Å². The molecule has 3 nitrogen and oxygen atoms in total. The normalized spacial score (nSPS) is 15.8. The molecule has 1 heterocycles. The lowest BCUT2D eigenvalue weighted by Gasteiger charge is -2.29. The van der Waals surface area contributed by atoms with Crippen molar-refractivity contribution >= 4 is 0 Å². The lowest BCUT2D eigenvalue weighted by Crippen LogP contribution is -2.26. The van der Waals surface area contributed by atoms with Gasteiger partial charge < -0.3 is 15.8 Å². The quantitative estimate of drug-likeness (QED) is 0.460. The molecule has 0 aliphatic carbocycles. The van der Waals surface area contributed by atoms with Gasteiger partial charge in [0.2, 0.25) is 0 Å². The maximum atomic E-state index is 10.4. The molecule has 0 spiro atoms. The van der Waals surface area contributed by atoms with Crippen LogP contribution in [-0.4, -0.2) is 5.17 Å². The number of hydrogen-bond donors (Lipinski definition) is 1. The highest BCUT2D eigenvalue weighted by Gasteiger charge is 1.87. The third-order valence-corrected chi connectivity index (χ3v) is 0.812. The van der Waals surface area contributed by atoms with Gasteiger partial charge in [0, 0.05) is 0 Å². The predicted octanol–water partition coefficient (Wildman–Crippen LogP) is 0.476. The maximum absolute atomic E-state index is 10.4. The summed E-state index contributed by atoms with van der Waals surface area (Å²) in [6, 6.07) is 0. The van der Waals surface area contributed by atoms with E-state index in [1.807, 2.05) is 0 Å². The molecule has 0 saturated heterocycles. The van der Waals surface area contributed by atoms with Crippen LogP contribution in [0.3, 0.4) is 0 Å². The summed E-state index contributed by atoms with van der Waals surface area (Å²) in [5.41, 5.74) is 8.06. The van der Waals surface area contributed by atoms with E-state index in [4.69, 9.17) is 0 Å². The van der Waals surface area contributed by atoms with Gasteiger partial charge in [-0.2, -0.15) is 0 Å². The minimum Gasteiger partial charge on any atom is -0.738 e. The second-order valence-corrected chi connectivity index (χ2v) is 1.42. The Kier molecular flexibility index (Phi) is 1.10. The number of nitrogens with one attached hydrogen (secondary N) is 1. The van der Waals surface area contributed by atoms with Gasteiger partial charge >= 0.3 is 0 Å². The number of rotatable bonds is 0. The highest BCUT2D eigenvalue weighted by atomic mass is 16.5. The molecule has 3 heteroatoms. The third-order valence-electron chi connectivity index (χ3n) is 0.812. The molecule has 0 amide bonds. The molecule has 0 saturated carbocycles. The molecule has 0 aromatic carbocycles. The topological polar surface area (TPSA) is 38.3 Å². The van der Waals surface area contributed by atoms with Crippen molar-refractivity contribution in [1.29, 1.82) is 0 Å². The van der Waals surface area contributed by atoms with Crippen LogP contribution in [0.5, 0.6) is 0 Å². The van der Waals surface area contributed by atoms with Crippen molar-refractivity contribution in [2.24, 2.45) is 0 Å². The summed E-state index contributed by atoms with van der Waals surface area (Å²) in [5.74, 6) is 0. The van der Waals surface area contributed by atoms with E-state index in [1.54, 1.807) is 6.92 Å². The minimum absolute atomic E-state index is 0.493. The Morgan fingerprint density at radius 1 is 1.88 bits per heavy atom.